The molecule has 15 heavy (non-hydrogen) atoms. The molecule has 1 radical (unpaired) electrons. The molecule has 0 heteroatoms. The van der Waals surface area contributed by atoms with Crippen LogP contribution in [0.4, 0.5) is 0 Å². The van der Waals surface area contributed by atoms with E-state index in [2.05, 4.69) is 30.4 Å². The third-order valence-electron chi connectivity index (χ3n) is 2.76. The predicted molar refractivity (Wildman–Crippen MR) is 67.6 cm³/mol. The molecule has 83 valence electrons. The van der Waals surface area contributed by atoms with Gasteiger partial charge in [0, 0.05) is 0 Å². The standard InChI is InChI=1S/C15H23/c1-2-4-6-8-10-12-14-15-13-11-9-7-5-3-1/h1-5H,6,8-15H2/b3-1-,4-2+,7-5?. The van der Waals surface area contributed by atoms with Crippen LogP contribution in [0.1, 0.15) is 57.8 Å². The van der Waals surface area contributed by atoms with Gasteiger partial charge in [0.1, 0.15) is 0 Å². The molecule has 0 aliphatic heterocycles. The molecule has 0 aromatic rings. The van der Waals surface area contributed by atoms with Crippen LogP contribution in [0, 0.1) is 6.08 Å². The van der Waals surface area contributed by atoms with Crippen molar-refractivity contribution in [3.63, 3.8) is 0 Å². The van der Waals surface area contributed by atoms with E-state index in [-0.39, 0.29) is 0 Å². The molecule has 1 rings (SSSR count). The summed E-state index contributed by atoms with van der Waals surface area (Å²) >= 11 is 0. The summed E-state index contributed by atoms with van der Waals surface area (Å²) in [7, 11) is 0. The van der Waals surface area contributed by atoms with Crippen LogP contribution in [0.5, 0.6) is 0 Å². The lowest BCUT2D eigenvalue weighted by Crippen LogP contribution is -1.80. The van der Waals surface area contributed by atoms with Gasteiger partial charge in [-0.05, 0) is 31.8 Å². The van der Waals surface area contributed by atoms with Crippen molar-refractivity contribution in [3.8, 4) is 0 Å². The maximum absolute atomic E-state index is 3.31. The Morgan fingerprint density at radius 1 is 0.667 bits per heavy atom. The van der Waals surface area contributed by atoms with Gasteiger partial charge in [0.25, 0.3) is 0 Å². The molecule has 0 saturated carbocycles. The van der Waals surface area contributed by atoms with Gasteiger partial charge in [0.15, 0.2) is 0 Å². The summed E-state index contributed by atoms with van der Waals surface area (Å²) in [6.07, 6.45) is 26.0. The topological polar surface area (TPSA) is 0 Å². The molecule has 0 bridgehead atoms. The Labute approximate surface area is 94.8 Å². The molecule has 0 N–H and O–H groups in total. The summed E-state index contributed by atoms with van der Waals surface area (Å²) in [6, 6.07) is 0. The Morgan fingerprint density at radius 2 is 1.40 bits per heavy atom. The Morgan fingerprint density at radius 3 is 2.27 bits per heavy atom. The van der Waals surface area contributed by atoms with E-state index in [0.717, 1.165) is 6.42 Å². The summed E-state index contributed by atoms with van der Waals surface area (Å²) in [5.41, 5.74) is 0. The molecule has 0 fully saturated rings. The molecule has 0 aromatic heterocycles. The zero-order valence-electron chi connectivity index (χ0n) is 9.75. The maximum Gasteiger partial charge on any atom is -0.0276 e. The van der Waals surface area contributed by atoms with Crippen molar-refractivity contribution in [3.05, 3.63) is 36.5 Å². The summed E-state index contributed by atoms with van der Waals surface area (Å²) in [4.78, 5) is 0. The fraction of sp³-hybridized carbons (Fsp3) is 0.600. The van der Waals surface area contributed by atoms with E-state index in [1.165, 1.54) is 51.4 Å². The Bertz CT molecular complexity index is 186. The molecule has 0 nitrogen and oxygen atoms in total. The Balaban J connectivity index is 2.25. The molecule has 0 spiro atoms. The first-order valence-electron chi connectivity index (χ1n) is 6.38. The summed E-state index contributed by atoms with van der Waals surface area (Å²) in [5.74, 6) is 0. The SMILES string of the molecule is [C]1=C/C=C\C=C\CCCCCCCCC/1. The van der Waals surface area contributed by atoms with Crippen LogP contribution in [-0.2, 0) is 0 Å². The van der Waals surface area contributed by atoms with Crippen LogP contribution in [0.15, 0.2) is 30.4 Å². The predicted octanol–water partition coefficient (Wildman–Crippen LogP) is 4.98. The van der Waals surface area contributed by atoms with Gasteiger partial charge in [0.05, 0.1) is 0 Å². The third-order valence-corrected chi connectivity index (χ3v) is 2.76. The van der Waals surface area contributed by atoms with Crippen molar-refractivity contribution < 1.29 is 0 Å². The fourth-order valence-corrected chi connectivity index (χ4v) is 1.82. The number of allylic oxidation sites excluding steroid dienone is 6. The smallest absolute Gasteiger partial charge is 0.0276 e. The number of hydrogen-bond acceptors (Lipinski definition) is 0. The molecule has 0 atom stereocenters. The van der Waals surface area contributed by atoms with Crippen molar-refractivity contribution in [1.29, 1.82) is 0 Å². The first-order valence-corrected chi connectivity index (χ1v) is 6.38. The van der Waals surface area contributed by atoms with Gasteiger partial charge in [-0.1, -0.05) is 62.5 Å². The monoisotopic (exact) mass is 203 g/mol. The van der Waals surface area contributed by atoms with Crippen molar-refractivity contribution in [2.24, 2.45) is 0 Å². The highest BCUT2D eigenvalue weighted by Crippen LogP contribution is 2.10. The van der Waals surface area contributed by atoms with Crippen LogP contribution in [0.3, 0.4) is 0 Å². The second-order valence-corrected chi connectivity index (χ2v) is 4.20. The van der Waals surface area contributed by atoms with Gasteiger partial charge in [-0.3, -0.25) is 0 Å². The zero-order valence-corrected chi connectivity index (χ0v) is 9.75. The first-order chi connectivity index (χ1) is 7.50. The quantitative estimate of drug-likeness (QED) is 0.520. The molecule has 1 aliphatic carbocycles. The lowest BCUT2D eigenvalue weighted by atomic mass is 10.1. The summed E-state index contributed by atoms with van der Waals surface area (Å²) in [6.45, 7) is 0. The molecule has 0 unspecified atom stereocenters. The molecule has 1 aliphatic rings. The Hall–Kier alpha value is -0.780. The largest absolute Gasteiger partial charge is 0.0845 e. The van der Waals surface area contributed by atoms with Gasteiger partial charge in [-0.15, -0.1) is 0 Å². The highest BCUT2D eigenvalue weighted by molar-refractivity contribution is 5.09. The normalized spacial score (nSPS) is 27.2. The molecule has 0 saturated heterocycles. The van der Waals surface area contributed by atoms with E-state index >= 15 is 0 Å². The first kappa shape index (κ1) is 12.3. The molecular weight excluding hydrogens is 180 g/mol. The lowest BCUT2D eigenvalue weighted by Gasteiger charge is -1.99. The highest BCUT2D eigenvalue weighted by Gasteiger charge is 1.90. The van der Waals surface area contributed by atoms with Crippen LogP contribution >= 0.6 is 0 Å². The van der Waals surface area contributed by atoms with Crippen molar-refractivity contribution in [2.75, 3.05) is 0 Å². The molecule has 0 amide bonds. The number of hydrogen-bond donors (Lipinski definition) is 0. The van der Waals surface area contributed by atoms with Crippen LogP contribution in [0.2, 0.25) is 0 Å². The van der Waals surface area contributed by atoms with Gasteiger partial charge in [-0.25, -0.2) is 0 Å². The lowest BCUT2D eigenvalue weighted by molar-refractivity contribution is 0.582. The van der Waals surface area contributed by atoms with E-state index in [1.54, 1.807) is 0 Å². The zero-order chi connectivity index (χ0) is 10.6. The third kappa shape index (κ3) is 8.23. The average molecular weight is 203 g/mol. The van der Waals surface area contributed by atoms with E-state index in [9.17, 15) is 0 Å². The van der Waals surface area contributed by atoms with E-state index in [0.29, 0.717) is 0 Å². The maximum atomic E-state index is 3.31. The van der Waals surface area contributed by atoms with E-state index in [1.807, 2.05) is 6.08 Å². The van der Waals surface area contributed by atoms with Crippen molar-refractivity contribution in [2.45, 2.75) is 57.8 Å². The minimum absolute atomic E-state index is 1.12. The highest BCUT2D eigenvalue weighted by atomic mass is 14.0. The molecular formula is C15H23. The van der Waals surface area contributed by atoms with Crippen LogP contribution in [0.25, 0.3) is 0 Å². The minimum Gasteiger partial charge on any atom is -0.0845 e. The van der Waals surface area contributed by atoms with Gasteiger partial charge < -0.3 is 0 Å². The summed E-state index contributed by atoms with van der Waals surface area (Å²) in [5, 5.41) is 0. The van der Waals surface area contributed by atoms with Gasteiger partial charge in [-0.2, -0.15) is 0 Å². The van der Waals surface area contributed by atoms with Gasteiger partial charge in [0.2, 0.25) is 0 Å². The van der Waals surface area contributed by atoms with E-state index < -0.39 is 0 Å². The second kappa shape index (κ2) is 9.76. The second-order valence-electron chi connectivity index (χ2n) is 4.20. The van der Waals surface area contributed by atoms with Crippen molar-refractivity contribution in [1.82, 2.24) is 0 Å². The van der Waals surface area contributed by atoms with Crippen LogP contribution in [-0.4, -0.2) is 0 Å². The fourth-order valence-electron chi connectivity index (χ4n) is 1.82. The van der Waals surface area contributed by atoms with Crippen molar-refractivity contribution >= 4 is 0 Å². The number of rotatable bonds is 0. The Kier molecular flexibility index (Phi) is 8.00. The van der Waals surface area contributed by atoms with Gasteiger partial charge >= 0.3 is 0 Å². The minimum atomic E-state index is 1.12. The molecule has 0 aromatic carbocycles. The average Bonchev–Trinajstić information content (AvgIpc) is 2.27. The summed E-state index contributed by atoms with van der Waals surface area (Å²) < 4.78 is 0. The van der Waals surface area contributed by atoms with Crippen LogP contribution < -0.4 is 0 Å². The molecule has 0 heterocycles. The van der Waals surface area contributed by atoms with E-state index in [4.69, 9.17) is 0 Å².